The molecule has 0 aromatic rings. The van der Waals surface area contributed by atoms with Crippen LogP contribution in [0.15, 0.2) is 5.11 Å². The first-order valence-electron chi connectivity index (χ1n) is 6.13. The molecule has 1 heterocycles. The molecule has 1 saturated carbocycles. The maximum absolute atomic E-state index is 8.22. The zero-order valence-electron chi connectivity index (χ0n) is 9.31. The highest BCUT2D eigenvalue weighted by molar-refractivity contribution is 4.83. The van der Waals surface area contributed by atoms with E-state index in [1.54, 1.807) is 0 Å². The average Bonchev–Trinajstić information content (AvgIpc) is 2.29. The van der Waals surface area contributed by atoms with E-state index in [1.165, 1.54) is 45.2 Å². The van der Waals surface area contributed by atoms with Crippen molar-refractivity contribution >= 4 is 0 Å². The fraction of sp³-hybridized carbons (Fsp3) is 1.00. The maximum atomic E-state index is 8.22. The van der Waals surface area contributed by atoms with Gasteiger partial charge in [-0.15, -0.1) is 0 Å². The number of azide groups is 1. The molecule has 2 fully saturated rings. The molecule has 0 radical (unpaired) electrons. The van der Waals surface area contributed by atoms with E-state index in [4.69, 9.17) is 5.53 Å². The first-order valence-corrected chi connectivity index (χ1v) is 6.13. The quantitative estimate of drug-likeness (QED) is 0.399. The number of hydrogen-bond donors (Lipinski definition) is 0. The van der Waals surface area contributed by atoms with Gasteiger partial charge in [0.05, 0.1) is 0 Å². The molecule has 1 aliphatic carbocycles. The minimum absolute atomic E-state index is 0.633. The third-order valence-electron chi connectivity index (χ3n) is 3.95. The van der Waals surface area contributed by atoms with Gasteiger partial charge in [-0.25, -0.2) is 0 Å². The molecular formula is C11H20N4. The third kappa shape index (κ3) is 2.86. The lowest BCUT2D eigenvalue weighted by Crippen LogP contribution is -2.42. The molecule has 1 saturated heterocycles. The summed E-state index contributed by atoms with van der Waals surface area (Å²) in [4.78, 5) is 5.27. The van der Waals surface area contributed by atoms with Crippen molar-refractivity contribution in [2.24, 2.45) is 17.0 Å². The van der Waals surface area contributed by atoms with E-state index < -0.39 is 0 Å². The van der Waals surface area contributed by atoms with Crippen LogP contribution in [0.2, 0.25) is 0 Å². The Morgan fingerprint density at radius 3 is 2.80 bits per heavy atom. The van der Waals surface area contributed by atoms with Crippen LogP contribution in [0.1, 0.15) is 32.1 Å². The van der Waals surface area contributed by atoms with Gasteiger partial charge in [0.1, 0.15) is 0 Å². The standard InChI is InChI=1S/C11H20N4/c12-14-13-6-8-15-7-5-10-3-1-2-4-11(10)9-15/h10-11H,1-9H2. The van der Waals surface area contributed by atoms with E-state index >= 15 is 0 Å². The van der Waals surface area contributed by atoms with Crippen LogP contribution < -0.4 is 0 Å². The molecule has 2 atom stereocenters. The van der Waals surface area contributed by atoms with Crippen molar-refractivity contribution < 1.29 is 0 Å². The Balaban J connectivity index is 1.77. The number of nitrogens with zero attached hydrogens (tertiary/aromatic N) is 4. The van der Waals surface area contributed by atoms with Gasteiger partial charge in [0.15, 0.2) is 0 Å². The summed E-state index contributed by atoms with van der Waals surface area (Å²) in [6.45, 7) is 4.04. The van der Waals surface area contributed by atoms with E-state index in [0.29, 0.717) is 6.54 Å². The molecule has 1 aliphatic heterocycles. The first kappa shape index (κ1) is 10.8. The zero-order valence-corrected chi connectivity index (χ0v) is 9.31. The van der Waals surface area contributed by atoms with Gasteiger partial charge < -0.3 is 4.90 Å². The van der Waals surface area contributed by atoms with Crippen LogP contribution in [0, 0.1) is 11.8 Å². The average molecular weight is 208 g/mol. The van der Waals surface area contributed by atoms with Crippen LogP contribution in [0.3, 0.4) is 0 Å². The summed E-state index contributed by atoms with van der Waals surface area (Å²) >= 11 is 0. The maximum Gasteiger partial charge on any atom is 0.0385 e. The molecule has 0 N–H and O–H groups in total. The highest BCUT2D eigenvalue weighted by Gasteiger charge is 2.30. The Morgan fingerprint density at radius 2 is 2.00 bits per heavy atom. The smallest absolute Gasteiger partial charge is 0.0385 e. The predicted molar refractivity (Wildman–Crippen MR) is 60.5 cm³/mol. The lowest BCUT2D eigenvalue weighted by Gasteiger charge is -2.41. The Labute approximate surface area is 91.3 Å². The summed E-state index contributed by atoms with van der Waals surface area (Å²) in [6.07, 6.45) is 7.10. The molecule has 0 aromatic heterocycles. The number of likely N-dealkylation sites (tertiary alicyclic amines) is 1. The van der Waals surface area contributed by atoms with Crippen molar-refractivity contribution in [3.8, 4) is 0 Å². The van der Waals surface area contributed by atoms with Crippen LogP contribution in [-0.2, 0) is 0 Å². The van der Waals surface area contributed by atoms with Crippen LogP contribution >= 0.6 is 0 Å². The molecule has 0 spiro atoms. The van der Waals surface area contributed by atoms with Gasteiger partial charge >= 0.3 is 0 Å². The zero-order chi connectivity index (χ0) is 10.5. The largest absolute Gasteiger partial charge is 0.303 e. The molecule has 2 unspecified atom stereocenters. The molecule has 4 heteroatoms. The summed E-state index contributed by atoms with van der Waals surface area (Å²) in [7, 11) is 0. The van der Waals surface area contributed by atoms with Gasteiger partial charge in [0.2, 0.25) is 0 Å². The first-order chi connectivity index (χ1) is 7.40. The van der Waals surface area contributed by atoms with Gasteiger partial charge in [0, 0.05) is 24.5 Å². The summed E-state index contributed by atoms with van der Waals surface area (Å²) in [6, 6.07) is 0. The minimum atomic E-state index is 0.633. The van der Waals surface area contributed by atoms with Crippen molar-refractivity contribution in [3.63, 3.8) is 0 Å². The SMILES string of the molecule is [N-]=[N+]=NCCN1CCC2CCCCC2C1. The Bertz CT molecular complexity index is 247. The van der Waals surface area contributed by atoms with Crippen LogP contribution in [0.5, 0.6) is 0 Å². The van der Waals surface area contributed by atoms with Crippen molar-refractivity contribution in [2.45, 2.75) is 32.1 Å². The van der Waals surface area contributed by atoms with Crippen LogP contribution in [0.4, 0.5) is 0 Å². The molecule has 0 aromatic carbocycles. The second kappa shape index (κ2) is 5.38. The monoisotopic (exact) mass is 208 g/mol. The number of fused-ring (bicyclic) bond motifs is 1. The molecule has 2 aliphatic rings. The van der Waals surface area contributed by atoms with Crippen molar-refractivity contribution in [2.75, 3.05) is 26.2 Å². The predicted octanol–water partition coefficient (Wildman–Crippen LogP) is 2.81. The Kier molecular flexibility index (Phi) is 3.87. The summed E-state index contributed by atoms with van der Waals surface area (Å²) in [5.41, 5.74) is 8.22. The lowest BCUT2D eigenvalue weighted by molar-refractivity contribution is 0.0892. The molecule has 84 valence electrons. The number of rotatable bonds is 3. The Hall–Kier alpha value is -0.730. The molecular weight excluding hydrogens is 188 g/mol. The van der Waals surface area contributed by atoms with E-state index in [9.17, 15) is 0 Å². The summed E-state index contributed by atoms with van der Waals surface area (Å²) in [5.74, 6) is 1.92. The highest BCUT2D eigenvalue weighted by Crippen LogP contribution is 2.35. The Morgan fingerprint density at radius 1 is 1.20 bits per heavy atom. The summed E-state index contributed by atoms with van der Waals surface area (Å²) in [5, 5.41) is 3.61. The fourth-order valence-corrected chi connectivity index (χ4v) is 3.11. The second-order valence-corrected chi connectivity index (χ2v) is 4.85. The number of piperidine rings is 1. The van der Waals surface area contributed by atoms with E-state index in [2.05, 4.69) is 14.9 Å². The van der Waals surface area contributed by atoms with E-state index in [1.807, 2.05) is 0 Å². The lowest BCUT2D eigenvalue weighted by atomic mass is 9.75. The topological polar surface area (TPSA) is 52.0 Å². The van der Waals surface area contributed by atoms with Crippen molar-refractivity contribution in [1.82, 2.24) is 4.90 Å². The highest BCUT2D eigenvalue weighted by atomic mass is 15.2. The van der Waals surface area contributed by atoms with Crippen LogP contribution in [-0.4, -0.2) is 31.1 Å². The second-order valence-electron chi connectivity index (χ2n) is 4.85. The van der Waals surface area contributed by atoms with Crippen molar-refractivity contribution in [1.29, 1.82) is 0 Å². The minimum Gasteiger partial charge on any atom is -0.303 e. The molecule has 2 rings (SSSR count). The normalized spacial score (nSPS) is 31.7. The fourth-order valence-electron chi connectivity index (χ4n) is 3.11. The van der Waals surface area contributed by atoms with E-state index in [0.717, 1.165) is 18.4 Å². The van der Waals surface area contributed by atoms with Gasteiger partial charge in [-0.1, -0.05) is 24.4 Å². The number of hydrogen-bond acceptors (Lipinski definition) is 2. The van der Waals surface area contributed by atoms with Crippen LogP contribution in [0.25, 0.3) is 10.4 Å². The van der Waals surface area contributed by atoms with Gasteiger partial charge in [-0.2, -0.15) is 0 Å². The van der Waals surface area contributed by atoms with Gasteiger partial charge in [0.25, 0.3) is 0 Å². The molecule has 15 heavy (non-hydrogen) atoms. The van der Waals surface area contributed by atoms with Gasteiger partial charge in [-0.05, 0) is 36.8 Å². The summed E-state index contributed by atoms with van der Waals surface area (Å²) < 4.78 is 0. The molecule has 0 amide bonds. The van der Waals surface area contributed by atoms with Gasteiger partial charge in [-0.3, -0.25) is 0 Å². The molecule has 4 nitrogen and oxygen atoms in total. The van der Waals surface area contributed by atoms with Crippen molar-refractivity contribution in [3.05, 3.63) is 10.4 Å². The molecule has 0 bridgehead atoms. The van der Waals surface area contributed by atoms with E-state index in [-0.39, 0.29) is 0 Å². The third-order valence-corrected chi connectivity index (χ3v) is 3.95.